The molecule has 0 aliphatic rings. The maximum Gasteiger partial charge on any atom is 0.333 e. The van der Waals surface area contributed by atoms with Crippen LogP contribution in [-0.2, 0) is 22.6 Å². The molecule has 0 spiro atoms. The van der Waals surface area contributed by atoms with Gasteiger partial charge in [0.15, 0.2) is 0 Å². The Morgan fingerprint density at radius 1 is 1.35 bits per heavy atom. The van der Waals surface area contributed by atoms with E-state index in [2.05, 4.69) is 16.5 Å². The number of benzene rings is 1. The molecule has 0 radical (unpaired) electrons. The number of aromatic nitrogens is 2. The standard InChI is InChI=1S/C16H18N2O2/c1-11(2)16(19)20-10-15-14(17-12(3)18-15)9-13-7-5-4-6-8-13/h4-8H,1,9-10H2,2-3H3,(H,17,18). The molecule has 20 heavy (non-hydrogen) atoms. The van der Waals surface area contributed by atoms with Crippen molar-refractivity contribution >= 4 is 5.97 Å². The van der Waals surface area contributed by atoms with Crippen molar-refractivity contribution in [3.05, 3.63) is 65.3 Å². The van der Waals surface area contributed by atoms with Crippen LogP contribution < -0.4 is 0 Å². The molecule has 0 aliphatic heterocycles. The average molecular weight is 270 g/mol. The van der Waals surface area contributed by atoms with Crippen LogP contribution >= 0.6 is 0 Å². The molecule has 0 saturated heterocycles. The van der Waals surface area contributed by atoms with Crippen molar-refractivity contribution < 1.29 is 9.53 Å². The minimum absolute atomic E-state index is 0.189. The van der Waals surface area contributed by atoms with Crippen LogP contribution in [0.4, 0.5) is 0 Å². The maximum atomic E-state index is 11.4. The van der Waals surface area contributed by atoms with Gasteiger partial charge in [-0.25, -0.2) is 9.78 Å². The van der Waals surface area contributed by atoms with Crippen LogP contribution in [0.15, 0.2) is 42.5 Å². The molecule has 104 valence electrons. The fraction of sp³-hybridized carbons (Fsp3) is 0.250. The second-order valence-electron chi connectivity index (χ2n) is 4.77. The molecule has 4 nitrogen and oxygen atoms in total. The van der Waals surface area contributed by atoms with E-state index < -0.39 is 0 Å². The summed E-state index contributed by atoms with van der Waals surface area (Å²) in [6, 6.07) is 10.1. The SMILES string of the molecule is C=C(C)C(=O)OCc1[nH]c(C)nc1Cc1ccccc1. The number of ether oxygens (including phenoxy) is 1. The number of carbonyl (C=O) groups is 1. The number of nitrogens with zero attached hydrogens (tertiary/aromatic N) is 1. The van der Waals surface area contributed by atoms with E-state index >= 15 is 0 Å². The second kappa shape index (κ2) is 6.19. The highest BCUT2D eigenvalue weighted by Gasteiger charge is 2.11. The van der Waals surface area contributed by atoms with Gasteiger partial charge in [0.2, 0.25) is 0 Å². The van der Waals surface area contributed by atoms with Gasteiger partial charge in [0.05, 0.1) is 11.4 Å². The van der Waals surface area contributed by atoms with Crippen molar-refractivity contribution in [1.82, 2.24) is 9.97 Å². The summed E-state index contributed by atoms with van der Waals surface area (Å²) in [5.74, 6) is 0.431. The summed E-state index contributed by atoms with van der Waals surface area (Å²) in [4.78, 5) is 19.0. The van der Waals surface area contributed by atoms with Crippen molar-refractivity contribution in [3.8, 4) is 0 Å². The third-order valence-electron chi connectivity index (χ3n) is 2.89. The molecule has 2 aromatic rings. The van der Waals surface area contributed by atoms with Gasteiger partial charge in [0, 0.05) is 12.0 Å². The first-order valence-electron chi connectivity index (χ1n) is 6.47. The molecule has 0 atom stereocenters. The lowest BCUT2D eigenvalue weighted by atomic mass is 10.1. The fourth-order valence-corrected chi connectivity index (χ4v) is 1.90. The Labute approximate surface area is 118 Å². The normalized spacial score (nSPS) is 10.3. The fourth-order valence-electron chi connectivity index (χ4n) is 1.90. The lowest BCUT2D eigenvalue weighted by Crippen LogP contribution is -2.06. The number of hydrogen-bond acceptors (Lipinski definition) is 3. The number of aryl methyl sites for hydroxylation is 1. The van der Waals surface area contributed by atoms with Crippen LogP contribution in [-0.4, -0.2) is 15.9 Å². The largest absolute Gasteiger partial charge is 0.456 e. The first-order valence-corrected chi connectivity index (χ1v) is 6.47. The van der Waals surface area contributed by atoms with Gasteiger partial charge in [0.1, 0.15) is 12.4 Å². The van der Waals surface area contributed by atoms with Gasteiger partial charge in [-0.05, 0) is 19.4 Å². The summed E-state index contributed by atoms with van der Waals surface area (Å²) < 4.78 is 5.17. The number of H-pyrrole nitrogens is 1. The van der Waals surface area contributed by atoms with Crippen LogP contribution in [0.2, 0.25) is 0 Å². The van der Waals surface area contributed by atoms with Crippen LogP contribution in [0.5, 0.6) is 0 Å². The van der Waals surface area contributed by atoms with Crippen molar-refractivity contribution in [1.29, 1.82) is 0 Å². The number of rotatable bonds is 5. The lowest BCUT2D eigenvalue weighted by Gasteiger charge is -2.05. The van der Waals surface area contributed by atoms with Gasteiger partial charge in [0.25, 0.3) is 0 Å². The van der Waals surface area contributed by atoms with Gasteiger partial charge in [-0.15, -0.1) is 0 Å². The maximum absolute atomic E-state index is 11.4. The number of hydrogen-bond donors (Lipinski definition) is 1. The molecule has 2 rings (SSSR count). The van der Waals surface area contributed by atoms with E-state index in [4.69, 9.17) is 4.74 Å². The van der Waals surface area contributed by atoms with Crippen LogP contribution in [0.3, 0.4) is 0 Å². The highest BCUT2D eigenvalue weighted by Crippen LogP contribution is 2.14. The Morgan fingerprint density at radius 2 is 2.05 bits per heavy atom. The number of aromatic amines is 1. The Balaban J connectivity index is 2.10. The van der Waals surface area contributed by atoms with E-state index in [1.165, 1.54) is 5.56 Å². The molecule has 1 N–H and O–H groups in total. The molecule has 1 aromatic carbocycles. The smallest absolute Gasteiger partial charge is 0.333 e. The topological polar surface area (TPSA) is 55.0 Å². The minimum Gasteiger partial charge on any atom is -0.456 e. The van der Waals surface area contributed by atoms with Crippen molar-refractivity contribution in [2.45, 2.75) is 26.9 Å². The molecule has 0 bridgehead atoms. The van der Waals surface area contributed by atoms with Gasteiger partial charge in [-0.3, -0.25) is 0 Å². The Morgan fingerprint density at radius 3 is 2.70 bits per heavy atom. The molecule has 1 aromatic heterocycles. The zero-order valence-corrected chi connectivity index (χ0v) is 11.8. The van der Waals surface area contributed by atoms with E-state index in [-0.39, 0.29) is 12.6 Å². The molecule has 0 fully saturated rings. The summed E-state index contributed by atoms with van der Waals surface area (Å²) >= 11 is 0. The molecule has 1 heterocycles. The van der Waals surface area contributed by atoms with Crippen LogP contribution in [0, 0.1) is 6.92 Å². The molecular formula is C16H18N2O2. The number of imidazole rings is 1. The first-order chi connectivity index (χ1) is 9.56. The van der Waals surface area contributed by atoms with E-state index in [9.17, 15) is 4.79 Å². The predicted molar refractivity (Wildman–Crippen MR) is 77.2 cm³/mol. The van der Waals surface area contributed by atoms with Gasteiger partial charge < -0.3 is 9.72 Å². The zero-order chi connectivity index (χ0) is 14.5. The monoisotopic (exact) mass is 270 g/mol. The molecule has 0 unspecified atom stereocenters. The summed E-state index contributed by atoms with van der Waals surface area (Å²) in [6.07, 6.45) is 0.713. The van der Waals surface area contributed by atoms with E-state index in [1.54, 1.807) is 6.92 Å². The average Bonchev–Trinajstić information content (AvgIpc) is 2.77. The third kappa shape index (κ3) is 3.57. The van der Waals surface area contributed by atoms with Crippen LogP contribution in [0.1, 0.15) is 29.7 Å². The third-order valence-corrected chi connectivity index (χ3v) is 2.89. The predicted octanol–water partition coefficient (Wildman–Crippen LogP) is 2.93. The molecule has 0 saturated carbocycles. The summed E-state index contributed by atoms with van der Waals surface area (Å²) in [6.45, 7) is 7.27. The summed E-state index contributed by atoms with van der Waals surface area (Å²) in [5.41, 5.74) is 3.31. The van der Waals surface area contributed by atoms with Gasteiger partial charge in [-0.1, -0.05) is 36.9 Å². The second-order valence-corrected chi connectivity index (χ2v) is 4.77. The highest BCUT2D eigenvalue weighted by atomic mass is 16.5. The van der Waals surface area contributed by atoms with E-state index in [1.807, 2.05) is 37.3 Å². The summed E-state index contributed by atoms with van der Waals surface area (Å²) in [7, 11) is 0. The number of carbonyl (C=O) groups excluding carboxylic acids is 1. The lowest BCUT2D eigenvalue weighted by molar-refractivity contribution is -0.140. The molecule has 0 amide bonds. The van der Waals surface area contributed by atoms with E-state index in [0.717, 1.165) is 17.2 Å². The summed E-state index contributed by atoms with van der Waals surface area (Å²) in [5, 5.41) is 0. The van der Waals surface area contributed by atoms with E-state index in [0.29, 0.717) is 12.0 Å². The van der Waals surface area contributed by atoms with Crippen molar-refractivity contribution in [2.24, 2.45) is 0 Å². The highest BCUT2D eigenvalue weighted by molar-refractivity contribution is 5.86. The zero-order valence-electron chi connectivity index (χ0n) is 11.8. The number of esters is 1. The Hall–Kier alpha value is -2.36. The minimum atomic E-state index is -0.386. The van der Waals surface area contributed by atoms with Crippen molar-refractivity contribution in [2.75, 3.05) is 0 Å². The quantitative estimate of drug-likeness (QED) is 0.671. The number of nitrogens with one attached hydrogen (secondary N) is 1. The Bertz CT molecular complexity index is 615. The Kier molecular flexibility index (Phi) is 4.35. The molecule has 4 heteroatoms. The van der Waals surface area contributed by atoms with Gasteiger partial charge in [-0.2, -0.15) is 0 Å². The molecule has 0 aliphatic carbocycles. The molecular weight excluding hydrogens is 252 g/mol. The van der Waals surface area contributed by atoms with Crippen molar-refractivity contribution in [3.63, 3.8) is 0 Å². The van der Waals surface area contributed by atoms with Gasteiger partial charge >= 0.3 is 5.97 Å². The first kappa shape index (κ1) is 14.1. The van der Waals surface area contributed by atoms with Crippen LogP contribution in [0.25, 0.3) is 0 Å².